The molecule has 0 aromatic heterocycles. The fourth-order valence-corrected chi connectivity index (χ4v) is 2.47. The van der Waals surface area contributed by atoms with Crippen molar-refractivity contribution in [1.29, 1.82) is 0 Å². The first-order valence-electron chi connectivity index (χ1n) is 8.41. The van der Waals surface area contributed by atoms with Crippen molar-refractivity contribution < 1.29 is 14.6 Å². The molecule has 0 aromatic rings. The molecule has 0 amide bonds. The molecule has 2 unspecified atom stereocenters. The summed E-state index contributed by atoms with van der Waals surface area (Å²) in [5.74, 6) is 0. The van der Waals surface area contributed by atoms with Crippen molar-refractivity contribution in [3.63, 3.8) is 0 Å². The number of hydrogen-bond donors (Lipinski definition) is 2. The van der Waals surface area contributed by atoms with Crippen LogP contribution in [0.3, 0.4) is 0 Å². The van der Waals surface area contributed by atoms with Gasteiger partial charge >= 0.3 is 0 Å². The minimum absolute atomic E-state index is 0.248. The van der Waals surface area contributed by atoms with E-state index in [1.54, 1.807) is 0 Å². The Kier molecular flexibility index (Phi) is 11.2. The van der Waals surface area contributed by atoms with Gasteiger partial charge in [-0.3, -0.25) is 0 Å². The van der Waals surface area contributed by atoms with Crippen LogP contribution in [-0.2, 0) is 9.47 Å². The molecule has 1 aliphatic heterocycles. The first-order chi connectivity index (χ1) is 9.83. The van der Waals surface area contributed by atoms with Crippen molar-refractivity contribution in [2.45, 2.75) is 70.5 Å². The summed E-state index contributed by atoms with van der Waals surface area (Å²) in [6.07, 6.45) is 9.91. The maximum Gasteiger partial charge on any atom is 0.0897 e. The maximum absolute atomic E-state index is 9.77. The van der Waals surface area contributed by atoms with Crippen molar-refractivity contribution in [2.24, 2.45) is 0 Å². The second-order valence-corrected chi connectivity index (χ2v) is 5.80. The van der Waals surface area contributed by atoms with Gasteiger partial charge in [0.1, 0.15) is 0 Å². The molecule has 4 heteroatoms. The summed E-state index contributed by atoms with van der Waals surface area (Å²) < 4.78 is 11.0. The molecule has 0 bridgehead atoms. The van der Waals surface area contributed by atoms with Crippen LogP contribution in [0.4, 0.5) is 0 Å². The third kappa shape index (κ3) is 9.70. The summed E-state index contributed by atoms with van der Waals surface area (Å²) in [4.78, 5) is 0. The Hall–Kier alpha value is -0.160. The van der Waals surface area contributed by atoms with Crippen LogP contribution in [0.25, 0.3) is 0 Å². The summed E-state index contributed by atoms with van der Waals surface area (Å²) in [5, 5.41) is 13.1. The molecule has 1 fully saturated rings. The highest BCUT2D eigenvalue weighted by molar-refractivity contribution is 4.65. The topological polar surface area (TPSA) is 50.7 Å². The fourth-order valence-electron chi connectivity index (χ4n) is 2.47. The van der Waals surface area contributed by atoms with Gasteiger partial charge in [0, 0.05) is 13.2 Å². The van der Waals surface area contributed by atoms with Crippen LogP contribution in [0.2, 0.25) is 0 Å². The maximum atomic E-state index is 9.77. The van der Waals surface area contributed by atoms with E-state index in [-0.39, 0.29) is 6.10 Å². The van der Waals surface area contributed by atoms with Crippen molar-refractivity contribution in [3.05, 3.63) is 0 Å². The molecule has 120 valence electrons. The Morgan fingerprint density at radius 1 is 1.25 bits per heavy atom. The summed E-state index contributed by atoms with van der Waals surface area (Å²) in [7, 11) is 0. The number of nitrogens with one attached hydrogen (secondary N) is 1. The highest BCUT2D eigenvalue weighted by Gasteiger charge is 2.15. The third-order valence-corrected chi connectivity index (χ3v) is 3.73. The first kappa shape index (κ1) is 17.9. The molecule has 1 aliphatic rings. The number of hydrogen-bond acceptors (Lipinski definition) is 4. The van der Waals surface area contributed by atoms with Gasteiger partial charge in [-0.1, -0.05) is 39.0 Å². The molecule has 0 aliphatic carbocycles. The zero-order chi connectivity index (χ0) is 14.5. The number of aliphatic hydroxyl groups is 1. The van der Waals surface area contributed by atoms with Gasteiger partial charge in [0.15, 0.2) is 0 Å². The summed E-state index contributed by atoms with van der Waals surface area (Å²) >= 11 is 0. The molecular weight excluding hydrogens is 254 g/mol. The van der Waals surface area contributed by atoms with Crippen LogP contribution in [0.5, 0.6) is 0 Å². The van der Waals surface area contributed by atoms with Crippen LogP contribution in [0, 0.1) is 0 Å². The summed E-state index contributed by atoms with van der Waals surface area (Å²) in [6.45, 7) is 5.74. The highest BCUT2D eigenvalue weighted by atomic mass is 16.5. The molecule has 4 nitrogen and oxygen atoms in total. The normalized spacial score (nSPS) is 20.4. The van der Waals surface area contributed by atoms with E-state index in [1.807, 2.05) is 0 Å². The number of rotatable bonds is 13. The van der Waals surface area contributed by atoms with Gasteiger partial charge in [-0.15, -0.1) is 0 Å². The zero-order valence-corrected chi connectivity index (χ0v) is 13.1. The second kappa shape index (κ2) is 12.6. The average Bonchev–Trinajstić information content (AvgIpc) is 2.95. The van der Waals surface area contributed by atoms with E-state index < -0.39 is 6.10 Å². The Morgan fingerprint density at radius 3 is 2.80 bits per heavy atom. The Balaban J connectivity index is 1.79. The monoisotopic (exact) mass is 287 g/mol. The van der Waals surface area contributed by atoms with Crippen LogP contribution >= 0.6 is 0 Å². The van der Waals surface area contributed by atoms with Gasteiger partial charge in [0.25, 0.3) is 0 Å². The van der Waals surface area contributed by atoms with E-state index in [1.165, 1.54) is 38.5 Å². The summed E-state index contributed by atoms with van der Waals surface area (Å²) in [5.41, 5.74) is 0. The Labute approximate surface area is 124 Å². The minimum Gasteiger partial charge on any atom is -0.389 e. The molecule has 1 heterocycles. The summed E-state index contributed by atoms with van der Waals surface area (Å²) in [6, 6.07) is 0. The molecule has 0 saturated carbocycles. The molecular formula is C16H33NO3. The van der Waals surface area contributed by atoms with Gasteiger partial charge in [-0.2, -0.15) is 0 Å². The number of ether oxygens (including phenoxy) is 2. The van der Waals surface area contributed by atoms with E-state index in [0.29, 0.717) is 19.8 Å². The molecule has 20 heavy (non-hydrogen) atoms. The molecule has 0 spiro atoms. The van der Waals surface area contributed by atoms with E-state index in [4.69, 9.17) is 9.47 Å². The molecule has 1 rings (SSSR count). The fraction of sp³-hybridized carbons (Fsp3) is 1.00. The molecule has 1 saturated heterocycles. The predicted molar refractivity (Wildman–Crippen MR) is 82.0 cm³/mol. The lowest BCUT2D eigenvalue weighted by Gasteiger charge is -2.14. The van der Waals surface area contributed by atoms with E-state index in [0.717, 1.165) is 26.0 Å². The van der Waals surface area contributed by atoms with Crippen molar-refractivity contribution in [2.75, 3.05) is 32.9 Å². The van der Waals surface area contributed by atoms with Crippen LogP contribution in [0.15, 0.2) is 0 Å². The largest absolute Gasteiger partial charge is 0.389 e. The second-order valence-electron chi connectivity index (χ2n) is 5.80. The van der Waals surface area contributed by atoms with Gasteiger partial charge in [-0.25, -0.2) is 0 Å². The lowest BCUT2D eigenvalue weighted by Crippen LogP contribution is -2.32. The lowest BCUT2D eigenvalue weighted by molar-refractivity contribution is -0.0163. The average molecular weight is 287 g/mol. The van der Waals surface area contributed by atoms with Crippen LogP contribution in [-0.4, -0.2) is 50.2 Å². The number of unbranched alkanes of at least 4 members (excludes halogenated alkanes) is 5. The molecule has 0 radical (unpaired) electrons. The molecule has 2 atom stereocenters. The van der Waals surface area contributed by atoms with Gasteiger partial charge in [0.2, 0.25) is 0 Å². The Morgan fingerprint density at radius 2 is 2.05 bits per heavy atom. The van der Waals surface area contributed by atoms with Crippen LogP contribution < -0.4 is 5.32 Å². The Bertz CT molecular complexity index is 208. The lowest BCUT2D eigenvalue weighted by atomic mass is 10.1. The van der Waals surface area contributed by atoms with E-state index in [9.17, 15) is 5.11 Å². The van der Waals surface area contributed by atoms with Crippen molar-refractivity contribution in [3.8, 4) is 0 Å². The predicted octanol–water partition coefficient (Wildman–Crippen LogP) is 2.49. The van der Waals surface area contributed by atoms with E-state index in [2.05, 4.69) is 12.2 Å². The highest BCUT2D eigenvalue weighted by Crippen LogP contribution is 2.11. The van der Waals surface area contributed by atoms with Gasteiger partial charge < -0.3 is 19.9 Å². The quantitative estimate of drug-likeness (QED) is 0.511. The number of aliphatic hydroxyl groups excluding tert-OH is 1. The standard InChI is InChI=1S/C16H33NO3/c1-2-3-4-5-6-7-10-17-12-15(18)13-19-14-16-9-8-11-20-16/h15-18H,2-14H2,1H3. The third-order valence-electron chi connectivity index (χ3n) is 3.73. The van der Waals surface area contributed by atoms with Gasteiger partial charge in [-0.05, 0) is 25.8 Å². The van der Waals surface area contributed by atoms with E-state index >= 15 is 0 Å². The van der Waals surface area contributed by atoms with Gasteiger partial charge in [0.05, 0.1) is 25.4 Å². The zero-order valence-electron chi connectivity index (χ0n) is 13.1. The van der Waals surface area contributed by atoms with Crippen molar-refractivity contribution in [1.82, 2.24) is 5.32 Å². The smallest absolute Gasteiger partial charge is 0.0897 e. The van der Waals surface area contributed by atoms with Crippen molar-refractivity contribution >= 4 is 0 Å². The minimum atomic E-state index is -0.406. The first-order valence-corrected chi connectivity index (χ1v) is 8.41. The van der Waals surface area contributed by atoms with Crippen LogP contribution in [0.1, 0.15) is 58.3 Å². The molecule has 2 N–H and O–H groups in total. The SMILES string of the molecule is CCCCCCCCNCC(O)COCC1CCCO1. The molecule has 0 aromatic carbocycles.